The molecule has 0 spiro atoms. The SMILES string of the molecule is Cc1cc2c(cc1F)NCN(C)COC2. The standard InChI is InChI=1S/C11H15FN2O/c1-8-3-9-5-15-7-14(2)6-13-11(9)4-10(8)12/h3-4,13H,5-7H2,1-2H3. The number of benzene rings is 1. The van der Waals surface area contributed by atoms with Crippen LogP contribution in [0.15, 0.2) is 12.1 Å². The van der Waals surface area contributed by atoms with Crippen molar-refractivity contribution in [2.75, 3.05) is 25.8 Å². The van der Waals surface area contributed by atoms with Crippen LogP contribution in [0.4, 0.5) is 10.1 Å². The predicted octanol–water partition coefficient (Wildman–Crippen LogP) is 1.92. The van der Waals surface area contributed by atoms with Crippen LogP contribution in [-0.4, -0.2) is 25.3 Å². The number of hydrogen-bond acceptors (Lipinski definition) is 3. The highest BCUT2D eigenvalue weighted by molar-refractivity contribution is 5.53. The van der Waals surface area contributed by atoms with Crippen molar-refractivity contribution in [3.05, 3.63) is 29.1 Å². The Bertz CT molecular complexity index is 368. The van der Waals surface area contributed by atoms with E-state index >= 15 is 0 Å². The van der Waals surface area contributed by atoms with Crippen molar-refractivity contribution in [3.8, 4) is 0 Å². The Kier molecular flexibility index (Phi) is 2.88. The van der Waals surface area contributed by atoms with Crippen molar-refractivity contribution in [2.24, 2.45) is 0 Å². The van der Waals surface area contributed by atoms with E-state index in [1.165, 1.54) is 6.07 Å². The Labute approximate surface area is 88.8 Å². The van der Waals surface area contributed by atoms with Gasteiger partial charge in [0.05, 0.1) is 13.3 Å². The monoisotopic (exact) mass is 210 g/mol. The number of hydrogen-bond donors (Lipinski definition) is 1. The molecule has 0 aromatic heterocycles. The van der Waals surface area contributed by atoms with Gasteiger partial charge in [0.25, 0.3) is 0 Å². The second kappa shape index (κ2) is 4.16. The smallest absolute Gasteiger partial charge is 0.128 e. The topological polar surface area (TPSA) is 24.5 Å². The van der Waals surface area contributed by atoms with Crippen molar-refractivity contribution < 1.29 is 9.13 Å². The van der Waals surface area contributed by atoms with Crippen LogP contribution in [0.1, 0.15) is 11.1 Å². The van der Waals surface area contributed by atoms with Crippen LogP contribution in [0.25, 0.3) is 0 Å². The summed E-state index contributed by atoms with van der Waals surface area (Å²) < 4.78 is 18.8. The van der Waals surface area contributed by atoms with E-state index in [9.17, 15) is 4.39 Å². The van der Waals surface area contributed by atoms with Crippen molar-refractivity contribution in [3.63, 3.8) is 0 Å². The fraction of sp³-hybridized carbons (Fsp3) is 0.455. The molecule has 1 heterocycles. The van der Waals surface area contributed by atoms with Crippen molar-refractivity contribution in [1.29, 1.82) is 0 Å². The molecule has 0 aliphatic carbocycles. The molecule has 0 unspecified atom stereocenters. The number of fused-ring (bicyclic) bond motifs is 1. The number of halogens is 1. The zero-order valence-corrected chi connectivity index (χ0v) is 9.01. The third kappa shape index (κ3) is 2.27. The van der Waals surface area contributed by atoms with Gasteiger partial charge >= 0.3 is 0 Å². The van der Waals surface area contributed by atoms with Crippen LogP contribution in [0, 0.1) is 12.7 Å². The van der Waals surface area contributed by atoms with Gasteiger partial charge in [0.15, 0.2) is 0 Å². The number of nitrogens with one attached hydrogen (secondary N) is 1. The number of anilines is 1. The molecular formula is C11H15FN2O. The van der Waals surface area contributed by atoms with E-state index in [0.29, 0.717) is 25.6 Å². The summed E-state index contributed by atoms with van der Waals surface area (Å²) in [6, 6.07) is 3.37. The van der Waals surface area contributed by atoms with Gasteiger partial charge < -0.3 is 10.1 Å². The fourth-order valence-corrected chi connectivity index (χ4v) is 1.60. The molecule has 1 N–H and O–H groups in total. The number of aryl methyl sites for hydroxylation is 1. The van der Waals surface area contributed by atoms with Crippen LogP contribution in [-0.2, 0) is 11.3 Å². The third-order valence-corrected chi connectivity index (χ3v) is 2.49. The number of ether oxygens (including phenoxy) is 1. The largest absolute Gasteiger partial charge is 0.372 e. The van der Waals surface area contributed by atoms with Crippen molar-refractivity contribution in [1.82, 2.24) is 4.90 Å². The Hall–Kier alpha value is -1.13. The number of nitrogens with zero attached hydrogens (tertiary/aromatic N) is 1. The molecular weight excluding hydrogens is 195 g/mol. The Morgan fingerprint density at radius 1 is 1.47 bits per heavy atom. The molecule has 0 amide bonds. The van der Waals surface area contributed by atoms with Gasteiger partial charge in [-0.2, -0.15) is 0 Å². The average Bonchev–Trinajstić information content (AvgIpc) is 2.18. The summed E-state index contributed by atoms with van der Waals surface area (Å²) in [7, 11) is 1.95. The van der Waals surface area contributed by atoms with Crippen LogP contribution >= 0.6 is 0 Å². The highest BCUT2D eigenvalue weighted by Gasteiger charge is 2.11. The molecule has 15 heavy (non-hydrogen) atoms. The summed E-state index contributed by atoms with van der Waals surface area (Å²) in [6.45, 7) is 3.53. The molecule has 0 bridgehead atoms. The first kappa shape index (κ1) is 10.4. The van der Waals surface area contributed by atoms with Crippen LogP contribution in [0.2, 0.25) is 0 Å². The Balaban J connectivity index is 2.31. The lowest BCUT2D eigenvalue weighted by Crippen LogP contribution is -2.30. The molecule has 0 saturated heterocycles. The van der Waals surface area contributed by atoms with Gasteiger partial charge in [-0.15, -0.1) is 0 Å². The lowest BCUT2D eigenvalue weighted by molar-refractivity contribution is 0.0332. The minimum Gasteiger partial charge on any atom is -0.372 e. The molecule has 0 radical (unpaired) electrons. The van der Waals surface area contributed by atoms with Gasteiger partial charge in [0, 0.05) is 11.3 Å². The molecule has 4 heteroatoms. The van der Waals surface area contributed by atoms with E-state index in [1.807, 2.05) is 18.0 Å². The summed E-state index contributed by atoms with van der Waals surface area (Å²) in [5, 5.41) is 3.19. The molecule has 0 saturated carbocycles. The van der Waals surface area contributed by atoms with Gasteiger partial charge in [-0.25, -0.2) is 4.39 Å². The van der Waals surface area contributed by atoms with Gasteiger partial charge in [0.2, 0.25) is 0 Å². The summed E-state index contributed by atoms with van der Waals surface area (Å²) in [5.41, 5.74) is 2.50. The van der Waals surface area contributed by atoms with Gasteiger partial charge in [-0.05, 0) is 31.7 Å². The second-order valence-corrected chi connectivity index (χ2v) is 3.93. The first-order valence-electron chi connectivity index (χ1n) is 4.96. The molecule has 0 atom stereocenters. The minimum absolute atomic E-state index is 0.176. The highest BCUT2D eigenvalue weighted by Crippen LogP contribution is 2.22. The van der Waals surface area contributed by atoms with E-state index in [4.69, 9.17) is 4.74 Å². The maximum Gasteiger partial charge on any atom is 0.128 e. The van der Waals surface area contributed by atoms with E-state index in [0.717, 1.165) is 11.3 Å². The average molecular weight is 210 g/mol. The van der Waals surface area contributed by atoms with Crippen molar-refractivity contribution >= 4 is 5.69 Å². The fourth-order valence-electron chi connectivity index (χ4n) is 1.60. The van der Waals surface area contributed by atoms with E-state index in [2.05, 4.69) is 5.32 Å². The zero-order chi connectivity index (χ0) is 10.8. The summed E-state index contributed by atoms with van der Waals surface area (Å²) in [5.74, 6) is -0.176. The lowest BCUT2D eigenvalue weighted by atomic mass is 10.1. The molecule has 2 rings (SSSR count). The number of rotatable bonds is 0. The summed E-state index contributed by atoms with van der Waals surface area (Å²) >= 11 is 0. The van der Waals surface area contributed by atoms with Gasteiger partial charge in [-0.1, -0.05) is 0 Å². The molecule has 82 valence electrons. The van der Waals surface area contributed by atoms with Crippen LogP contribution in [0.3, 0.4) is 0 Å². The van der Waals surface area contributed by atoms with Gasteiger partial charge in [0.1, 0.15) is 12.5 Å². The summed E-state index contributed by atoms with van der Waals surface area (Å²) in [6.07, 6.45) is 0. The van der Waals surface area contributed by atoms with Crippen LogP contribution in [0.5, 0.6) is 0 Å². The van der Waals surface area contributed by atoms with Crippen LogP contribution < -0.4 is 5.32 Å². The molecule has 1 aliphatic heterocycles. The minimum atomic E-state index is -0.176. The summed E-state index contributed by atoms with van der Waals surface area (Å²) in [4.78, 5) is 1.99. The lowest BCUT2D eigenvalue weighted by Gasteiger charge is -2.23. The Morgan fingerprint density at radius 2 is 2.27 bits per heavy atom. The predicted molar refractivity (Wildman–Crippen MR) is 57.0 cm³/mol. The molecule has 1 aromatic carbocycles. The second-order valence-electron chi connectivity index (χ2n) is 3.93. The van der Waals surface area contributed by atoms with E-state index in [-0.39, 0.29) is 5.82 Å². The molecule has 1 aliphatic rings. The Morgan fingerprint density at radius 3 is 3.07 bits per heavy atom. The highest BCUT2D eigenvalue weighted by atomic mass is 19.1. The third-order valence-electron chi connectivity index (χ3n) is 2.49. The maximum absolute atomic E-state index is 13.3. The molecule has 1 aromatic rings. The normalized spacial score (nSPS) is 17.5. The molecule has 3 nitrogen and oxygen atoms in total. The van der Waals surface area contributed by atoms with E-state index < -0.39 is 0 Å². The maximum atomic E-state index is 13.3. The zero-order valence-electron chi connectivity index (χ0n) is 9.01. The first-order chi connectivity index (χ1) is 7.16. The van der Waals surface area contributed by atoms with Crippen molar-refractivity contribution in [2.45, 2.75) is 13.5 Å². The molecule has 0 fully saturated rings. The van der Waals surface area contributed by atoms with E-state index in [1.54, 1.807) is 6.92 Å². The van der Waals surface area contributed by atoms with Gasteiger partial charge in [-0.3, -0.25) is 4.90 Å². The quantitative estimate of drug-likeness (QED) is 0.708. The first-order valence-corrected chi connectivity index (χ1v) is 4.96.